The zero-order valence-electron chi connectivity index (χ0n) is 9.76. The molecule has 0 aromatic heterocycles. The first kappa shape index (κ1) is 14.4. The number of aliphatic hydroxyl groups excluding tert-OH is 1. The maximum Gasteiger partial charge on any atom is 0.0456 e. The van der Waals surface area contributed by atoms with Crippen LogP contribution in [-0.2, 0) is 0 Å². The molecule has 0 radical (unpaired) electrons. The molecule has 0 unspecified atom stereocenters. The van der Waals surface area contributed by atoms with Gasteiger partial charge < -0.3 is 5.11 Å². The van der Waals surface area contributed by atoms with Crippen LogP contribution in [0.3, 0.4) is 0 Å². The van der Waals surface area contributed by atoms with Gasteiger partial charge in [-0.2, -0.15) is 0 Å². The Morgan fingerprint density at radius 3 is 2.21 bits per heavy atom. The summed E-state index contributed by atoms with van der Waals surface area (Å²) in [6.45, 7) is 9.11. The van der Waals surface area contributed by atoms with Gasteiger partial charge >= 0.3 is 0 Å². The highest BCUT2D eigenvalue weighted by Crippen LogP contribution is 2.22. The first-order chi connectivity index (χ1) is 6.45. The quantitative estimate of drug-likeness (QED) is 0.735. The van der Waals surface area contributed by atoms with Gasteiger partial charge in [-0.25, -0.2) is 0 Å². The average molecular weight is 310 g/mol. The second kappa shape index (κ2) is 7.69. The van der Waals surface area contributed by atoms with E-state index in [1.807, 2.05) is 0 Å². The third-order valence-corrected chi connectivity index (χ3v) is 2.76. The molecule has 0 heterocycles. The summed E-state index contributed by atoms with van der Waals surface area (Å²) in [4.78, 5) is 0. The van der Waals surface area contributed by atoms with Crippen molar-refractivity contribution in [1.29, 1.82) is 0 Å². The Morgan fingerprint density at radius 2 is 1.79 bits per heavy atom. The Labute approximate surface area is 102 Å². The summed E-state index contributed by atoms with van der Waals surface area (Å²) in [5.41, 5.74) is 0. The van der Waals surface area contributed by atoms with Gasteiger partial charge in [-0.1, -0.05) is 26.8 Å². The maximum atomic E-state index is 8.95. The Bertz CT molecular complexity index is 173. The van der Waals surface area contributed by atoms with Crippen LogP contribution in [-0.4, -0.2) is 11.7 Å². The fourth-order valence-electron chi connectivity index (χ4n) is 1.95. The molecule has 0 rings (SSSR count). The van der Waals surface area contributed by atoms with Crippen LogP contribution in [0.15, 0.2) is 9.66 Å². The molecule has 3 atom stereocenters. The predicted octanol–water partition coefficient (Wildman–Crippen LogP) is 4.01. The highest BCUT2D eigenvalue weighted by atomic mass is 127. The fraction of sp³-hybridized carbons (Fsp3) is 0.833. The van der Waals surface area contributed by atoms with E-state index in [0.717, 1.165) is 6.42 Å². The molecule has 0 spiro atoms. The molecule has 0 saturated carbocycles. The lowest BCUT2D eigenvalue weighted by Gasteiger charge is -2.17. The molecule has 0 aromatic carbocycles. The number of halogens is 1. The van der Waals surface area contributed by atoms with E-state index in [-0.39, 0.29) is 0 Å². The molecule has 0 aliphatic carbocycles. The van der Waals surface area contributed by atoms with Crippen LogP contribution in [0.4, 0.5) is 0 Å². The molecular formula is C12H23IO. The van der Waals surface area contributed by atoms with Crippen molar-refractivity contribution in [2.24, 2.45) is 17.8 Å². The summed E-state index contributed by atoms with van der Waals surface area (Å²) < 4.78 is 1.37. The summed E-state index contributed by atoms with van der Waals surface area (Å²) in [5, 5.41) is 8.95. The molecule has 0 aromatic rings. The molecule has 84 valence electrons. The van der Waals surface area contributed by atoms with Crippen molar-refractivity contribution in [3.05, 3.63) is 9.66 Å². The molecule has 0 aliphatic rings. The smallest absolute Gasteiger partial charge is 0.0456 e. The number of hydrogen-bond acceptors (Lipinski definition) is 1. The standard InChI is InChI=1S/C12H23IO/c1-9(6-11(3)8-14)5-10(2)7-12(4)13/h7,9-11,14H,5-6,8H2,1-4H3/b12-7+/t9-,10+,11-/m0/s1. The molecule has 0 saturated heterocycles. The first-order valence-electron chi connectivity index (χ1n) is 5.40. The highest BCUT2D eigenvalue weighted by Gasteiger charge is 2.10. The summed E-state index contributed by atoms with van der Waals surface area (Å²) >= 11 is 2.36. The normalized spacial score (nSPS) is 19.1. The fourth-order valence-corrected chi connectivity index (χ4v) is 2.57. The number of hydrogen-bond donors (Lipinski definition) is 1. The van der Waals surface area contributed by atoms with E-state index >= 15 is 0 Å². The van der Waals surface area contributed by atoms with E-state index in [1.165, 1.54) is 10.0 Å². The SMILES string of the molecule is C/C(I)=C\[C@H](C)C[C@H](C)C[C@H](C)CO. The third kappa shape index (κ3) is 7.80. The molecule has 0 aliphatic heterocycles. The van der Waals surface area contributed by atoms with Gasteiger partial charge in [-0.15, -0.1) is 0 Å². The minimum absolute atomic E-state index is 0.319. The lowest BCUT2D eigenvalue weighted by Crippen LogP contribution is -2.09. The van der Waals surface area contributed by atoms with Crippen molar-refractivity contribution in [3.8, 4) is 0 Å². The summed E-state index contributed by atoms with van der Waals surface area (Å²) in [6, 6.07) is 0. The highest BCUT2D eigenvalue weighted by molar-refractivity contribution is 14.1. The van der Waals surface area contributed by atoms with Crippen LogP contribution in [0.2, 0.25) is 0 Å². The second-order valence-corrected chi connectivity index (χ2v) is 6.30. The van der Waals surface area contributed by atoms with Gasteiger partial charge in [0.15, 0.2) is 0 Å². The van der Waals surface area contributed by atoms with E-state index in [1.54, 1.807) is 0 Å². The van der Waals surface area contributed by atoms with Crippen LogP contribution in [0, 0.1) is 17.8 Å². The molecule has 1 nitrogen and oxygen atoms in total. The third-order valence-electron chi connectivity index (χ3n) is 2.40. The van der Waals surface area contributed by atoms with Crippen molar-refractivity contribution in [2.45, 2.75) is 40.5 Å². The van der Waals surface area contributed by atoms with Crippen LogP contribution in [0.1, 0.15) is 40.5 Å². The topological polar surface area (TPSA) is 20.2 Å². The van der Waals surface area contributed by atoms with E-state index in [9.17, 15) is 0 Å². The molecule has 2 heteroatoms. The van der Waals surface area contributed by atoms with Crippen molar-refractivity contribution in [2.75, 3.05) is 6.61 Å². The minimum Gasteiger partial charge on any atom is -0.396 e. The van der Waals surface area contributed by atoms with Crippen LogP contribution >= 0.6 is 22.6 Å². The van der Waals surface area contributed by atoms with Crippen molar-refractivity contribution in [3.63, 3.8) is 0 Å². The molecule has 0 amide bonds. The second-order valence-electron chi connectivity index (χ2n) is 4.60. The van der Waals surface area contributed by atoms with E-state index in [2.05, 4.69) is 56.4 Å². The zero-order valence-corrected chi connectivity index (χ0v) is 11.9. The van der Waals surface area contributed by atoms with Crippen LogP contribution in [0.25, 0.3) is 0 Å². The Balaban J connectivity index is 3.82. The number of allylic oxidation sites excluding steroid dienone is 2. The molecule has 14 heavy (non-hydrogen) atoms. The first-order valence-corrected chi connectivity index (χ1v) is 6.48. The zero-order chi connectivity index (χ0) is 11.1. The minimum atomic E-state index is 0.319. The molecule has 0 bridgehead atoms. The van der Waals surface area contributed by atoms with Gasteiger partial charge in [0.05, 0.1) is 0 Å². The Kier molecular flexibility index (Phi) is 7.92. The summed E-state index contributed by atoms with van der Waals surface area (Å²) in [7, 11) is 0. The van der Waals surface area contributed by atoms with Crippen molar-refractivity contribution in [1.82, 2.24) is 0 Å². The largest absolute Gasteiger partial charge is 0.396 e. The monoisotopic (exact) mass is 310 g/mol. The summed E-state index contributed by atoms with van der Waals surface area (Å²) in [6.07, 6.45) is 4.68. The van der Waals surface area contributed by atoms with E-state index in [0.29, 0.717) is 24.4 Å². The van der Waals surface area contributed by atoms with Crippen molar-refractivity contribution >= 4 is 22.6 Å². The average Bonchev–Trinajstić information content (AvgIpc) is 2.01. The van der Waals surface area contributed by atoms with E-state index in [4.69, 9.17) is 5.11 Å². The number of aliphatic hydroxyl groups is 1. The van der Waals surface area contributed by atoms with E-state index < -0.39 is 0 Å². The van der Waals surface area contributed by atoms with Gasteiger partial charge in [0.2, 0.25) is 0 Å². The van der Waals surface area contributed by atoms with Crippen LogP contribution < -0.4 is 0 Å². The van der Waals surface area contributed by atoms with Gasteiger partial charge in [-0.05, 0) is 63.7 Å². The molecule has 0 fully saturated rings. The van der Waals surface area contributed by atoms with Gasteiger partial charge in [0.1, 0.15) is 0 Å². The van der Waals surface area contributed by atoms with Gasteiger partial charge in [0.25, 0.3) is 0 Å². The molecular weight excluding hydrogens is 287 g/mol. The number of rotatable bonds is 6. The van der Waals surface area contributed by atoms with Gasteiger partial charge in [-0.3, -0.25) is 0 Å². The lowest BCUT2D eigenvalue weighted by molar-refractivity contribution is 0.210. The maximum absolute atomic E-state index is 8.95. The van der Waals surface area contributed by atoms with Crippen LogP contribution in [0.5, 0.6) is 0 Å². The van der Waals surface area contributed by atoms with Crippen molar-refractivity contribution < 1.29 is 5.11 Å². The predicted molar refractivity (Wildman–Crippen MR) is 71.6 cm³/mol. The van der Waals surface area contributed by atoms with Gasteiger partial charge in [0, 0.05) is 6.61 Å². The summed E-state index contributed by atoms with van der Waals surface area (Å²) in [5.74, 6) is 1.81. The molecule has 1 N–H and O–H groups in total. The Hall–Kier alpha value is 0.430. The lowest BCUT2D eigenvalue weighted by atomic mass is 9.90. The Morgan fingerprint density at radius 1 is 1.21 bits per heavy atom.